The van der Waals surface area contributed by atoms with Gasteiger partial charge in [0.2, 0.25) is 0 Å². The van der Waals surface area contributed by atoms with E-state index in [-0.39, 0.29) is 5.54 Å². The second kappa shape index (κ2) is 3.33. The van der Waals surface area contributed by atoms with Gasteiger partial charge in [0.05, 0.1) is 0 Å². The molecule has 0 aromatic carbocycles. The summed E-state index contributed by atoms with van der Waals surface area (Å²) in [7, 11) is 0. The van der Waals surface area contributed by atoms with Gasteiger partial charge in [-0.1, -0.05) is 6.92 Å². The summed E-state index contributed by atoms with van der Waals surface area (Å²) in [6.07, 6.45) is 3.34. The summed E-state index contributed by atoms with van der Waals surface area (Å²) in [5.41, 5.74) is -0.107. The van der Waals surface area contributed by atoms with Crippen molar-refractivity contribution in [2.45, 2.75) is 45.1 Å². The van der Waals surface area contributed by atoms with Gasteiger partial charge in [-0.2, -0.15) is 0 Å². The number of carbonyl (C=O) groups is 1. The van der Waals surface area contributed by atoms with E-state index in [1.54, 1.807) is 4.90 Å². The number of piperidine rings is 1. The average Bonchev–Trinajstić information content (AvgIpc) is 2.05. The molecule has 1 N–H and O–H groups in total. The van der Waals surface area contributed by atoms with Crippen LogP contribution in [0, 0.1) is 0 Å². The lowest BCUT2D eigenvalue weighted by atomic mass is 9.86. The summed E-state index contributed by atoms with van der Waals surface area (Å²) in [6, 6.07) is 0. The third-order valence-corrected chi connectivity index (χ3v) is 2.99. The van der Waals surface area contributed by atoms with Crippen LogP contribution in [0.5, 0.6) is 0 Å². The zero-order valence-corrected chi connectivity index (χ0v) is 7.84. The summed E-state index contributed by atoms with van der Waals surface area (Å²) >= 11 is 0. The lowest BCUT2D eigenvalue weighted by Gasteiger charge is -2.42. The van der Waals surface area contributed by atoms with Gasteiger partial charge in [0, 0.05) is 12.1 Å². The number of nitrogens with zero attached hydrogens (tertiary/aromatic N) is 1. The highest BCUT2D eigenvalue weighted by atomic mass is 16.4. The van der Waals surface area contributed by atoms with Crippen LogP contribution in [0.4, 0.5) is 4.79 Å². The van der Waals surface area contributed by atoms with Crippen LogP contribution in [-0.2, 0) is 0 Å². The minimum atomic E-state index is -0.765. The smallest absolute Gasteiger partial charge is 0.407 e. The summed E-state index contributed by atoms with van der Waals surface area (Å²) in [6.45, 7) is 4.81. The van der Waals surface area contributed by atoms with Crippen molar-refractivity contribution >= 4 is 6.09 Å². The molecule has 0 aromatic rings. The summed E-state index contributed by atoms with van der Waals surface area (Å²) in [4.78, 5) is 12.4. The highest BCUT2D eigenvalue weighted by Gasteiger charge is 2.35. The molecule has 1 atom stereocenters. The van der Waals surface area contributed by atoms with Gasteiger partial charge in [-0.25, -0.2) is 4.79 Å². The van der Waals surface area contributed by atoms with Gasteiger partial charge in [-0.15, -0.1) is 0 Å². The Hall–Kier alpha value is -0.730. The molecule has 12 heavy (non-hydrogen) atoms. The summed E-state index contributed by atoms with van der Waals surface area (Å²) in [5, 5.41) is 8.93. The maximum Gasteiger partial charge on any atom is 0.407 e. The van der Waals surface area contributed by atoms with Crippen LogP contribution in [0.2, 0.25) is 0 Å². The van der Waals surface area contributed by atoms with Crippen molar-refractivity contribution in [1.82, 2.24) is 4.90 Å². The van der Waals surface area contributed by atoms with Crippen LogP contribution in [-0.4, -0.2) is 28.2 Å². The molecular weight excluding hydrogens is 154 g/mol. The molecular formula is C9H17NO2. The molecule has 0 aromatic heterocycles. The normalized spacial score (nSPS) is 30.3. The van der Waals surface area contributed by atoms with E-state index in [1.165, 1.54) is 0 Å². The van der Waals surface area contributed by atoms with E-state index in [9.17, 15) is 4.79 Å². The monoisotopic (exact) mass is 171 g/mol. The van der Waals surface area contributed by atoms with Crippen molar-refractivity contribution in [2.75, 3.05) is 6.54 Å². The molecule has 0 bridgehead atoms. The van der Waals surface area contributed by atoms with E-state index in [1.807, 2.05) is 6.92 Å². The molecule has 1 amide bonds. The predicted molar refractivity (Wildman–Crippen MR) is 47.3 cm³/mol. The van der Waals surface area contributed by atoms with E-state index in [4.69, 9.17) is 5.11 Å². The quantitative estimate of drug-likeness (QED) is 0.657. The number of rotatable bonds is 1. The molecule has 3 nitrogen and oxygen atoms in total. The Labute approximate surface area is 73.4 Å². The maximum absolute atomic E-state index is 10.9. The Kier molecular flexibility index (Phi) is 2.60. The van der Waals surface area contributed by atoms with Gasteiger partial charge >= 0.3 is 6.09 Å². The molecule has 70 valence electrons. The zero-order valence-electron chi connectivity index (χ0n) is 7.84. The third kappa shape index (κ3) is 1.54. The molecule has 1 heterocycles. The minimum absolute atomic E-state index is 0.107. The Bertz CT molecular complexity index is 181. The molecule has 1 saturated heterocycles. The molecule has 0 saturated carbocycles. The Morgan fingerprint density at radius 2 is 2.25 bits per heavy atom. The van der Waals surface area contributed by atoms with Gasteiger partial charge in [-0.05, 0) is 32.6 Å². The van der Waals surface area contributed by atoms with Crippen LogP contribution >= 0.6 is 0 Å². The molecule has 1 aliphatic heterocycles. The molecule has 1 aliphatic rings. The van der Waals surface area contributed by atoms with Gasteiger partial charge in [-0.3, -0.25) is 0 Å². The van der Waals surface area contributed by atoms with Crippen LogP contribution in [0.15, 0.2) is 0 Å². The standard InChI is InChI=1S/C9H17NO2/c1-3-9(2)6-4-5-7-10(9)8(11)12/h3-7H2,1-2H3,(H,11,12). The first-order valence-electron chi connectivity index (χ1n) is 4.61. The maximum atomic E-state index is 10.9. The van der Waals surface area contributed by atoms with Gasteiger partial charge in [0.15, 0.2) is 0 Å². The van der Waals surface area contributed by atoms with Crippen molar-refractivity contribution in [3.63, 3.8) is 0 Å². The van der Waals surface area contributed by atoms with Crippen molar-refractivity contribution in [2.24, 2.45) is 0 Å². The molecule has 1 unspecified atom stereocenters. The van der Waals surface area contributed by atoms with Crippen LogP contribution in [0.25, 0.3) is 0 Å². The second-order valence-corrected chi connectivity index (χ2v) is 3.74. The van der Waals surface area contributed by atoms with Crippen molar-refractivity contribution in [3.8, 4) is 0 Å². The van der Waals surface area contributed by atoms with Crippen molar-refractivity contribution < 1.29 is 9.90 Å². The largest absolute Gasteiger partial charge is 0.465 e. The van der Waals surface area contributed by atoms with E-state index in [0.717, 1.165) is 25.7 Å². The third-order valence-electron chi connectivity index (χ3n) is 2.99. The predicted octanol–water partition coefficient (Wildman–Crippen LogP) is 2.32. The van der Waals surface area contributed by atoms with Crippen molar-refractivity contribution in [1.29, 1.82) is 0 Å². The van der Waals surface area contributed by atoms with Crippen LogP contribution in [0.1, 0.15) is 39.5 Å². The van der Waals surface area contributed by atoms with Gasteiger partial charge in [0.1, 0.15) is 0 Å². The van der Waals surface area contributed by atoms with Crippen LogP contribution < -0.4 is 0 Å². The molecule has 1 fully saturated rings. The molecule has 3 heteroatoms. The minimum Gasteiger partial charge on any atom is -0.465 e. The number of hydrogen-bond acceptors (Lipinski definition) is 1. The Morgan fingerprint density at radius 1 is 1.58 bits per heavy atom. The molecule has 0 radical (unpaired) electrons. The lowest BCUT2D eigenvalue weighted by Crippen LogP contribution is -2.51. The van der Waals surface area contributed by atoms with Crippen LogP contribution in [0.3, 0.4) is 0 Å². The number of hydrogen-bond donors (Lipinski definition) is 1. The molecule has 0 spiro atoms. The fourth-order valence-electron chi connectivity index (χ4n) is 1.87. The zero-order chi connectivity index (χ0) is 9.19. The van der Waals surface area contributed by atoms with E-state index in [2.05, 4.69) is 6.92 Å². The topological polar surface area (TPSA) is 40.5 Å². The number of likely N-dealkylation sites (tertiary alicyclic amines) is 1. The van der Waals surface area contributed by atoms with Gasteiger partial charge in [0.25, 0.3) is 0 Å². The van der Waals surface area contributed by atoms with E-state index < -0.39 is 6.09 Å². The SMILES string of the molecule is CCC1(C)CCCCN1C(=O)O. The first kappa shape index (κ1) is 9.36. The molecule has 1 rings (SSSR count). The van der Waals surface area contributed by atoms with E-state index in [0.29, 0.717) is 6.54 Å². The number of carboxylic acid groups (broad SMARTS) is 1. The van der Waals surface area contributed by atoms with Crippen molar-refractivity contribution in [3.05, 3.63) is 0 Å². The fraction of sp³-hybridized carbons (Fsp3) is 0.889. The fourth-order valence-corrected chi connectivity index (χ4v) is 1.87. The second-order valence-electron chi connectivity index (χ2n) is 3.74. The molecule has 0 aliphatic carbocycles. The van der Waals surface area contributed by atoms with Gasteiger partial charge < -0.3 is 10.0 Å². The number of amides is 1. The summed E-state index contributed by atoms with van der Waals surface area (Å²) < 4.78 is 0. The Morgan fingerprint density at radius 3 is 2.67 bits per heavy atom. The average molecular weight is 171 g/mol. The highest BCUT2D eigenvalue weighted by Crippen LogP contribution is 2.30. The first-order valence-corrected chi connectivity index (χ1v) is 4.61. The highest BCUT2D eigenvalue weighted by molar-refractivity contribution is 5.66. The Balaban J connectivity index is 2.73. The first-order chi connectivity index (χ1) is 5.60. The lowest BCUT2D eigenvalue weighted by molar-refractivity contribution is 0.0553. The van der Waals surface area contributed by atoms with E-state index >= 15 is 0 Å². The summed E-state index contributed by atoms with van der Waals surface area (Å²) in [5.74, 6) is 0.